The minimum Gasteiger partial charge on any atom is -0.481 e. The molecule has 1 amide bonds. The Balaban J connectivity index is 2.05. The molecule has 5 heteroatoms. The molecule has 2 aliphatic rings. The van der Waals surface area contributed by atoms with Crippen LogP contribution in [0.2, 0.25) is 0 Å². The number of hydrogen-bond acceptors (Lipinski definition) is 3. The largest absolute Gasteiger partial charge is 0.481 e. The summed E-state index contributed by atoms with van der Waals surface area (Å²) in [6, 6.07) is 0. The van der Waals surface area contributed by atoms with Gasteiger partial charge < -0.3 is 10.4 Å². The standard InChI is InChI=1S/C14H24N2O3/c1-2-3-4-5-11-10(8-13(18)19)6-7-14(11)15-9-12(17)16-14/h10-11,15H,2-9H2,1H3,(H,16,17)(H,18,19). The third kappa shape index (κ3) is 3.08. The fourth-order valence-electron chi connectivity index (χ4n) is 3.72. The number of amides is 1. The summed E-state index contributed by atoms with van der Waals surface area (Å²) in [6.07, 6.45) is 6.39. The number of rotatable bonds is 6. The molecule has 3 N–H and O–H groups in total. The minimum absolute atomic E-state index is 0.0384. The van der Waals surface area contributed by atoms with Gasteiger partial charge in [-0.2, -0.15) is 0 Å². The lowest BCUT2D eigenvalue weighted by Gasteiger charge is -2.34. The highest BCUT2D eigenvalue weighted by Crippen LogP contribution is 2.44. The molecular formula is C14H24N2O3. The van der Waals surface area contributed by atoms with E-state index >= 15 is 0 Å². The van der Waals surface area contributed by atoms with E-state index in [-0.39, 0.29) is 29.8 Å². The SMILES string of the molecule is CCCCCC1C(CC(=O)O)CCC12NCC(=O)N2. The number of nitrogens with one attached hydrogen (secondary N) is 2. The molecule has 0 radical (unpaired) electrons. The maximum Gasteiger partial charge on any atom is 0.303 e. The number of carboxylic acid groups (broad SMARTS) is 1. The first-order chi connectivity index (χ1) is 9.07. The van der Waals surface area contributed by atoms with Crippen molar-refractivity contribution in [3.05, 3.63) is 0 Å². The molecule has 1 aliphatic heterocycles. The van der Waals surface area contributed by atoms with Crippen LogP contribution in [0.3, 0.4) is 0 Å². The van der Waals surface area contributed by atoms with Crippen molar-refractivity contribution in [2.75, 3.05) is 6.54 Å². The number of aliphatic carboxylic acids is 1. The molecule has 1 heterocycles. The lowest BCUT2D eigenvalue weighted by molar-refractivity contribution is -0.138. The summed E-state index contributed by atoms with van der Waals surface area (Å²) in [5.74, 6) is -0.259. The Morgan fingerprint density at radius 3 is 2.84 bits per heavy atom. The van der Waals surface area contributed by atoms with Crippen molar-refractivity contribution in [1.82, 2.24) is 10.6 Å². The summed E-state index contributed by atoms with van der Waals surface area (Å²) in [5, 5.41) is 15.4. The van der Waals surface area contributed by atoms with Gasteiger partial charge in [0.2, 0.25) is 5.91 Å². The number of unbranched alkanes of at least 4 members (excludes halogenated alkanes) is 2. The summed E-state index contributed by atoms with van der Waals surface area (Å²) in [7, 11) is 0. The predicted molar refractivity (Wildman–Crippen MR) is 71.5 cm³/mol. The average Bonchev–Trinajstić information content (AvgIpc) is 2.87. The first-order valence-electron chi connectivity index (χ1n) is 7.35. The molecule has 0 aromatic carbocycles. The monoisotopic (exact) mass is 268 g/mol. The fraction of sp³-hybridized carbons (Fsp3) is 0.857. The Bertz CT molecular complexity index is 359. The molecule has 2 fully saturated rings. The summed E-state index contributed by atoms with van der Waals surface area (Å²) in [6.45, 7) is 2.53. The first-order valence-corrected chi connectivity index (χ1v) is 7.35. The van der Waals surface area contributed by atoms with Gasteiger partial charge in [-0.1, -0.05) is 26.2 Å². The Hall–Kier alpha value is -1.10. The zero-order chi connectivity index (χ0) is 13.9. The van der Waals surface area contributed by atoms with E-state index in [9.17, 15) is 9.59 Å². The molecular weight excluding hydrogens is 244 g/mol. The van der Waals surface area contributed by atoms with Crippen molar-refractivity contribution >= 4 is 11.9 Å². The van der Waals surface area contributed by atoms with Crippen molar-refractivity contribution in [1.29, 1.82) is 0 Å². The van der Waals surface area contributed by atoms with Gasteiger partial charge in [0.25, 0.3) is 0 Å². The topological polar surface area (TPSA) is 78.4 Å². The average molecular weight is 268 g/mol. The molecule has 108 valence electrons. The second-order valence-corrected chi connectivity index (χ2v) is 5.87. The first kappa shape index (κ1) is 14.3. The van der Waals surface area contributed by atoms with Crippen molar-refractivity contribution < 1.29 is 14.7 Å². The minimum atomic E-state index is -0.730. The Morgan fingerprint density at radius 2 is 2.26 bits per heavy atom. The van der Waals surface area contributed by atoms with Crippen molar-refractivity contribution in [3.8, 4) is 0 Å². The summed E-state index contributed by atoms with van der Waals surface area (Å²) < 4.78 is 0. The van der Waals surface area contributed by atoms with Crippen LogP contribution in [0.5, 0.6) is 0 Å². The van der Waals surface area contributed by atoms with Crippen LogP contribution >= 0.6 is 0 Å². The molecule has 0 bridgehead atoms. The Morgan fingerprint density at radius 1 is 1.47 bits per heavy atom. The summed E-state index contributed by atoms with van der Waals surface area (Å²) >= 11 is 0. The fourth-order valence-corrected chi connectivity index (χ4v) is 3.72. The predicted octanol–water partition coefficient (Wildman–Crippen LogP) is 1.48. The maximum atomic E-state index is 11.5. The van der Waals surface area contributed by atoms with Gasteiger partial charge in [-0.3, -0.25) is 14.9 Å². The normalized spacial score (nSPS) is 33.8. The van der Waals surface area contributed by atoms with Crippen LogP contribution in [0.4, 0.5) is 0 Å². The van der Waals surface area contributed by atoms with E-state index in [1.165, 1.54) is 6.42 Å². The third-order valence-corrected chi connectivity index (χ3v) is 4.59. The highest BCUT2D eigenvalue weighted by molar-refractivity contribution is 5.81. The molecule has 1 saturated carbocycles. The Kier molecular flexibility index (Phi) is 4.45. The molecule has 1 spiro atoms. The molecule has 19 heavy (non-hydrogen) atoms. The van der Waals surface area contributed by atoms with E-state index in [0.717, 1.165) is 32.1 Å². The zero-order valence-corrected chi connectivity index (χ0v) is 11.6. The van der Waals surface area contributed by atoms with Crippen molar-refractivity contribution in [2.24, 2.45) is 11.8 Å². The van der Waals surface area contributed by atoms with Gasteiger partial charge in [-0.15, -0.1) is 0 Å². The molecule has 5 nitrogen and oxygen atoms in total. The lowest BCUT2D eigenvalue weighted by atomic mass is 9.83. The highest BCUT2D eigenvalue weighted by Gasteiger charge is 2.51. The van der Waals surface area contributed by atoms with Gasteiger partial charge in [0.15, 0.2) is 0 Å². The van der Waals surface area contributed by atoms with Gasteiger partial charge in [0, 0.05) is 6.42 Å². The van der Waals surface area contributed by atoms with Crippen LogP contribution in [-0.2, 0) is 9.59 Å². The smallest absolute Gasteiger partial charge is 0.303 e. The highest BCUT2D eigenvalue weighted by atomic mass is 16.4. The van der Waals surface area contributed by atoms with Gasteiger partial charge in [-0.05, 0) is 31.1 Å². The van der Waals surface area contributed by atoms with E-state index in [4.69, 9.17) is 5.11 Å². The Labute approximate surface area is 114 Å². The maximum absolute atomic E-state index is 11.5. The quantitative estimate of drug-likeness (QED) is 0.638. The molecule has 1 aliphatic carbocycles. The van der Waals surface area contributed by atoms with E-state index in [0.29, 0.717) is 6.54 Å². The number of carbonyl (C=O) groups excluding carboxylic acids is 1. The zero-order valence-electron chi connectivity index (χ0n) is 11.6. The van der Waals surface area contributed by atoms with Gasteiger partial charge in [0.1, 0.15) is 0 Å². The number of hydrogen-bond donors (Lipinski definition) is 3. The van der Waals surface area contributed by atoms with E-state index in [1.54, 1.807) is 0 Å². The second-order valence-electron chi connectivity index (χ2n) is 5.87. The number of carbonyl (C=O) groups is 2. The van der Waals surface area contributed by atoms with Gasteiger partial charge >= 0.3 is 5.97 Å². The van der Waals surface area contributed by atoms with Gasteiger partial charge in [0.05, 0.1) is 12.2 Å². The van der Waals surface area contributed by atoms with Crippen LogP contribution < -0.4 is 10.6 Å². The molecule has 1 saturated heterocycles. The summed E-state index contributed by atoms with van der Waals surface area (Å²) in [4.78, 5) is 22.5. The van der Waals surface area contributed by atoms with Crippen molar-refractivity contribution in [3.63, 3.8) is 0 Å². The second kappa shape index (κ2) is 5.90. The van der Waals surface area contributed by atoms with Crippen LogP contribution in [-0.4, -0.2) is 29.2 Å². The molecule has 3 atom stereocenters. The number of carboxylic acids is 1. The van der Waals surface area contributed by atoms with Crippen LogP contribution in [0.25, 0.3) is 0 Å². The van der Waals surface area contributed by atoms with Crippen LogP contribution in [0.15, 0.2) is 0 Å². The van der Waals surface area contributed by atoms with Crippen molar-refractivity contribution in [2.45, 2.75) is 57.5 Å². The van der Waals surface area contributed by atoms with Gasteiger partial charge in [-0.25, -0.2) is 0 Å². The lowest BCUT2D eigenvalue weighted by Crippen LogP contribution is -2.53. The molecule has 2 rings (SSSR count). The molecule has 0 aromatic rings. The van der Waals surface area contributed by atoms with E-state index in [2.05, 4.69) is 17.6 Å². The summed E-state index contributed by atoms with van der Waals surface area (Å²) in [5.41, 5.74) is -0.328. The van der Waals surface area contributed by atoms with E-state index in [1.807, 2.05) is 0 Å². The van der Waals surface area contributed by atoms with E-state index < -0.39 is 5.97 Å². The van der Waals surface area contributed by atoms with Crippen LogP contribution in [0.1, 0.15) is 51.9 Å². The third-order valence-electron chi connectivity index (χ3n) is 4.59. The molecule has 3 unspecified atom stereocenters. The van der Waals surface area contributed by atoms with Crippen LogP contribution in [0, 0.1) is 11.8 Å². The molecule has 0 aromatic heterocycles.